The molecule has 0 amide bonds. The Morgan fingerprint density at radius 3 is 1.62 bits per heavy atom. The molecule has 2 aromatic carbocycles. The molecule has 0 aromatic heterocycles. The average Bonchev–Trinajstić information content (AvgIpc) is 2.51. The Morgan fingerprint density at radius 1 is 0.857 bits per heavy atom. The van der Waals surface area contributed by atoms with Crippen LogP contribution in [0.1, 0.15) is 43.0 Å². The average molecular weight is 281 g/mol. The minimum atomic E-state index is -0.631. The Hall–Kier alpha value is -1.64. The first kappa shape index (κ1) is 14.3. The van der Waals surface area contributed by atoms with Gasteiger partial charge < -0.3 is 5.11 Å². The summed E-state index contributed by atoms with van der Waals surface area (Å²) in [4.78, 5) is 2.41. The lowest BCUT2D eigenvalue weighted by atomic mass is 9.79. The van der Waals surface area contributed by atoms with Crippen LogP contribution in [-0.4, -0.2) is 22.7 Å². The summed E-state index contributed by atoms with van der Waals surface area (Å²) in [6, 6.07) is 21.5. The predicted molar refractivity (Wildman–Crippen MR) is 86.0 cm³/mol. The summed E-state index contributed by atoms with van der Waals surface area (Å²) in [6.07, 6.45) is 1.55. The highest BCUT2D eigenvalue weighted by molar-refractivity contribution is 5.25. The van der Waals surface area contributed by atoms with Gasteiger partial charge in [-0.3, -0.25) is 4.90 Å². The molecule has 1 heterocycles. The van der Waals surface area contributed by atoms with Gasteiger partial charge in [0, 0.05) is 12.1 Å². The number of hydrogen-bond donors (Lipinski definition) is 1. The quantitative estimate of drug-likeness (QED) is 0.901. The molecule has 0 unspecified atom stereocenters. The van der Waals surface area contributed by atoms with E-state index < -0.39 is 5.60 Å². The molecule has 0 saturated carbocycles. The summed E-state index contributed by atoms with van der Waals surface area (Å²) in [5.74, 6) is 0. The minimum absolute atomic E-state index is 0.250. The Labute approximate surface area is 127 Å². The third-order valence-corrected chi connectivity index (χ3v) is 4.62. The molecule has 1 aliphatic heterocycles. The molecule has 1 fully saturated rings. The van der Waals surface area contributed by atoms with Gasteiger partial charge in [-0.05, 0) is 37.9 Å². The van der Waals surface area contributed by atoms with Crippen LogP contribution >= 0.6 is 0 Å². The molecule has 21 heavy (non-hydrogen) atoms. The molecule has 0 aliphatic carbocycles. The topological polar surface area (TPSA) is 23.5 Å². The molecule has 2 nitrogen and oxygen atoms in total. The highest BCUT2D eigenvalue weighted by Crippen LogP contribution is 2.44. The van der Waals surface area contributed by atoms with Gasteiger partial charge >= 0.3 is 0 Å². The predicted octanol–water partition coefficient (Wildman–Crippen LogP) is 3.95. The first-order valence-corrected chi connectivity index (χ1v) is 7.61. The maximum atomic E-state index is 10.7. The number of aliphatic hydroxyl groups is 1. The van der Waals surface area contributed by atoms with E-state index in [1.165, 1.54) is 11.1 Å². The van der Waals surface area contributed by atoms with Crippen LogP contribution in [0.25, 0.3) is 0 Å². The van der Waals surface area contributed by atoms with Gasteiger partial charge in [-0.2, -0.15) is 0 Å². The van der Waals surface area contributed by atoms with E-state index in [2.05, 4.69) is 60.5 Å². The second-order valence-corrected chi connectivity index (χ2v) is 6.42. The van der Waals surface area contributed by atoms with Crippen molar-refractivity contribution in [3.63, 3.8) is 0 Å². The summed E-state index contributed by atoms with van der Waals surface area (Å²) in [5.41, 5.74) is 1.93. The fourth-order valence-electron chi connectivity index (χ4n) is 3.48. The molecule has 110 valence electrons. The van der Waals surface area contributed by atoms with Crippen LogP contribution in [0.4, 0.5) is 0 Å². The molecule has 2 heteroatoms. The maximum absolute atomic E-state index is 10.7. The highest BCUT2D eigenvalue weighted by atomic mass is 16.3. The fourth-order valence-corrected chi connectivity index (χ4v) is 3.48. The summed E-state index contributed by atoms with van der Waals surface area (Å²) in [6.45, 7) is 1.96. The summed E-state index contributed by atoms with van der Waals surface area (Å²) in [7, 11) is 2.17. The fraction of sp³-hybridized carbons (Fsp3) is 0.368. The lowest BCUT2D eigenvalue weighted by Crippen LogP contribution is -2.44. The van der Waals surface area contributed by atoms with Gasteiger partial charge in [0.1, 0.15) is 0 Å². The van der Waals surface area contributed by atoms with E-state index in [1.54, 1.807) is 0 Å². The number of rotatable bonds is 2. The second kappa shape index (κ2) is 5.63. The van der Waals surface area contributed by atoms with E-state index in [9.17, 15) is 5.11 Å². The van der Waals surface area contributed by atoms with E-state index in [-0.39, 0.29) is 12.1 Å². The Kier molecular flexibility index (Phi) is 3.83. The number of piperidine rings is 1. The zero-order valence-corrected chi connectivity index (χ0v) is 12.7. The normalized spacial score (nSPS) is 30.2. The molecule has 1 aliphatic rings. The van der Waals surface area contributed by atoms with Crippen molar-refractivity contribution in [2.45, 2.75) is 37.5 Å². The lowest BCUT2D eigenvalue weighted by Gasteiger charge is -2.46. The van der Waals surface area contributed by atoms with Crippen molar-refractivity contribution in [3.8, 4) is 0 Å². The first-order chi connectivity index (χ1) is 10.1. The monoisotopic (exact) mass is 281 g/mol. The van der Waals surface area contributed by atoms with E-state index in [1.807, 2.05) is 19.1 Å². The number of benzene rings is 2. The Bertz CT molecular complexity index is 528. The zero-order chi connectivity index (χ0) is 14.9. The van der Waals surface area contributed by atoms with Crippen molar-refractivity contribution in [3.05, 3.63) is 71.8 Å². The zero-order valence-electron chi connectivity index (χ0n) is 12.7. The van der Waals surface area contributed by atoms with Crippen LogP contribution in [0.5, 0.6) is 0 Å². The van der Waals surface area contributed by atoms with Crippen molar-refractivity contribution in [1.29, 1.82) is 0 Å². The van der Waals surface area contributed by atoms with Gasteiger partial charge in [-0.15, -0.1) is 0 Å². The molecule has 1 saturated heterocycles. The largest absolute Gasteiger partial charge is 0.390 e. The summed E-state index contributed by atoms with van der Waals surface area (Å²) >= 11 is 0. The van der Waals surface area contributed by atoms with E-state index in [4.69, 9.17) is 0 Å². The van der Waals surface area contributed by atoms with Crippen molar-refractivity contribution < 1.29 is 5.11 Å². The molecule has 0 bridgehead atoms. The molecule has 2 atom stereocenters. The van der Waals surface area contributed by atoms with Crippen molar-refractivity contribution in [2.24, 2.45) is 0 Å². The Morgan fingerprint density at radius 2 is 1.24 bits per heavy atom. The third-order valence-electron chi connectivity index (χ3n) is 4.62. The van der Waals surface area contributed by atoms with Crippen LogP contribution in [0, 0.1) is 0 Å². The number of hydrogen-bond acceptors (Lipinski definition) is 2. The van der Waals surface area contributed by atoms with E-state index in [0.717, 1.165) is 12.8 Å². The first-order valence-electron chi connectivity index (χ1n) is 7.61. The van der Waals surface area contributed by atoms with Crippen LogP contribution < -0.4 is 0 Å². The van der Waals surface area contributed by atoms with Crippen LogP contribution in [0.15, 0.2) is 60.7 Å². The van der Waals surface area contributed by atoms with Crippen LogP contribution in [0.2, 0.25) is 0 Å². The summed E-state index contributed by atoms with van der Waals surface area (Å²) < 4.78 is 0. The molecule has 0 radical (unpaired) electrons. The number of likely N-dealkylation sites (tertiary alicyclic amines) is 1. The van der Waals surface area contributed by atoms with Gasteiger partial charge in [-0.25, -0.2) is 0 Å². The second-order valence-electron chi connectivity index (χ2n) is 6.42. The smallest absolute Gasteiger partial charge is 0.0656 e. The maximum Gasteiger partial charge on any atom is 0.0656 e. The van der Waals surface area contributed by atoms with Gasteiger partial charge in [0.05, 0.1) is 5.60 Å². The van der Waals surface area contributed by atoms with Gasteiger partial charge in [0.2, 0.25) is 0 Å². The SMILES string of the molecule is CN1[C@H](c2ccccc2)CC(C)(O)C[C@H]1c1ccccc1. The Balaban J connectivity index is 1.95. The minimum Gasteiger partial charge on any atom is -0.390 e. The van der Waals surface area contributed by atoms with Gasteiger partial charge in [-0.1, -0.05) is 60.7 Å². The highest BCUT2D eigenvalue weighted by Gasteiger charge is 2.40. The van der Waals surface area contributed by atoms with E-state index >= 15 is 0 Å². The number of nitrogens with zero attached hydrogens (tertiary/aromatic N) is 1. The van der Waals surface area contributed by atoms with Crippen molar-refractivity contribution >= 4 is 0 Å². The third kappa shape index (κ3) is 3.02. The van der Waals surface area contributed by atoms with Crippen LogP contribution in [-0.2, 0) is 0 Å². The van der Waals surface area contributed by atoms with Crippen LogP contribution in [0.3, 0.4) is 0 Å². The molecule has 1 N–H and O–H groups in total. The van der Waals surface area contributed by atoms with Gasteiger partial charge in [0.25, 0.3) is 0 Å². The lowest BCUT2D eigenvalue weighted by molar-refractivity contribution is -0.0560. The van der Waals surface area contributed by atoms with Crippen molar-refractivity contribution in [2.75, 3.05) is 7.05 Å². The van der Waals surface area contributed by atoms with Gasteiger partial charge in [0.15, 0.2) is 0 Å². The standard InChI is InChI=1S/C19H23NO/c1-19(21)13-17(15-9-5-3-6-10-15)20(2)18(14-19)16-11-7-4-8-12-16/h3-12,17-18,21H,13-14H2,1-2H3/t17-,18-/m0/s1. The van der Waals surface area contributed by atoms with Crippen molar-refractivity contribution in [1.82, 2.24) is 4.90 Å². The summed E-state index contributed by atoms with van der Waals surface area (Å²) in [5, 5.41) is 10.7. The molecule has 2 aromatic rings. The molecule has 3 rings (SSSR count). The molecule has 0 spiro atoms. The molecular formula is C19H23NO. The molecular weight excluding hydrogens is 258 g/mol. The van der Waals surface area contributed by atoms with E-state index in [0.29, 0.717) is 0 Å².